The second-order valence-corrected chi connectivity index (χ2v) is 5.52. The first kappa shape index (κ1) is 15.6. The molecule has 0 radical (unpaired) electrons. The lowest BCUT2D eigenvalue weighted by molar-refractivity contribution is 0.118. The van der Waals surface area contributed by atoms with E-state index in [4.69, 9.17) is 4.74 Å². The normalized spacial score (nSPS) is 21.7. The third-order valence-corrected chi connectivity index (χ3v) is 3.76. The summed E-state index contributed by atoms with van der Waals surface area (Å²) in [4.78, 5) is 12.0. The molecule has 1 saturated carbocycles. The molecule has 1 fully saturated rings. The zero-order chi connectivity index (χ0) is 15.2. The highest BCUT2D eigenvalue weighted by Gasteiger charge is 2.20. The molecule has 0 saturated heterocycles. The van der Waals surface area contributed by atoms with Gasteiger partial charge >= 0.3 is 6.03 Å². The lowest BCUT2D eigenvalue weighted by Crippen LogP contribution is -2.40. The van der Waals surface area contributed by atoms with Crippen LogP contribution in [0.25, 0.3) is 0 Å². The lowest BCUT2D eigenvalue weighted by Gasteiger charge is -2.26. The molecule has 1 aliphatic rings. The van der Waals surface area contributed by atoms with E-state index in [1.165, 1.54) is 0 Å². The first-order chi connectivity index (χ1) is 10.1. The van der Waals surface area contributed by atoms with Crippen LogP contribution in [-0.4, -0.2) is 29.9 Å². The number of amides is 2. The van der Waals surface area contributed by atoms with Gasteiger partial charge in [-0.2, -0.15) is 0 Å². The van der Waals surface area contributed by atoms with Crippen molar-refractivity contribution in [2.45, 2.75) is 51.7 Å². The summed E-state index contributed by atoms with van der Waals surface area (Å²) in [6.45, 7) is 4.53. The Morgan fingerprint density at radius 2 is 2.05 bits per heavy atom. The SMILES string of the molecule is CCOc1ccc(NC(=O)NC2CCC(O)CC2)cc1C. The molecule has 0 bridgehead atoms. The van der Waals surface area contributed by atoms with E-state index in [0.717, 1.165) is 42.7 Å². The number of anilines is 1. The molecule has 0 spiro atoms. The van der Waals surface area contributed by atoms with E-state index in [2.05, 4.69) is 10.6 Å². The van der Waals surface area contributed by atoms with Gasteiger partial charge in [0.2, 0.25) is 0 Å². The summed E-state index contributed by atoms with van der Waals surface area (Å²) in [5, 5.41) is 15.3. The molecule has 1 aromatic rings. The molecule has 5 nitrogen and oxygen atoms in total. The van der Waals surface area contributed by atoms with E-state index in [-0.39, 0.29) is 18.2 Å². The number of carbonyl (C=O) groups excluding carboxylic acids is 1. The number of ether oxygens (including phenoxy) is 1. The summed E-state index contributed by atoms with van der Waals surface area (Å²) >= 11 is 0. The second-order valence-electron chi connectivity index (χ2n) is 5.52. The van der Waals surface area contributed by atoms with Crippen LogP contribution in [0.1, 0.15) is 38.2 Å². The number of hydrogen-bond donors (Lipinski definition) is 3. The van der Waals surface area contributed by atoms with Gasteiger partial charge in [0.1, 0.15) is 5.75 Å². The van der Waals surface area contributed by atoms with Crippen LogP contribution in [0.15, 0.2) is 18.2 Å². The molecule has 0 aliphatic heterocycles. The van der Waals surface area contributed by atoms with Gasteiger partial charge in [0.05, 0.1) is 12.7 Å². The number of urea groups is 1. The third kappa shape index (κ3) is 4.63. The minimum absolute atomic E-state index is 0.150. The Bertz CT molecular complexity index is 482. The summed E-state index contributed by atoms with van der Waals surface area (Å²) < 4.78 is 5.48. The number of aliphatic hydroxyl groups is 1. The van der Waals surface area contributed by atoms with Gasteiger partial charge in [0, 0.05) is 11.7 Å². The van der Waals surface area contributed by atoms with Crippen molar-refractivity contribution >= 4 is 11.7 Å². The Labute approximate surface area is 125 Å². The predicted octanol–water partition coefficient (Wildman–Crippen LogP) is 2.82. The topological polar surface area (TPSA) is 70.6 Å². The third-order valence-electron chi connectivity index (χ3n) is 3.76. The molecule has 0 unspecified atom stereocenters. The highest BCUT2D eigenvalue weighted by atomic mass is 16.5. The van der Waals surface area contributed by atoms with Gasteiger partial charge in [-0.3, -0.25) is 0 Å². The van der Waals surface area contributed by atoms with Gasteiger partial charge in [-0.15, -0.1) is 0 Å². The molecule has 21 heavy (non-hydrogen) atoms. The molecule has 116 valence electrons. The van der Waals surface area contributed by atoms with Crippen molar-refractivity contribution in [3.63, 3.8) is 0 Å². The Balaban J connectivity index is 1.86. The van der Waals surface area contributed by atoms with Gasteiger partial charge in [0.25, 0.3) is 0 Å². The molecular formula is C16H24N2O3. The van der Waals surface area contributed by atoms with Crippen LogP contribution in [0.3, 0.4) is 0 Å². The Hall–Kier alpha value is -1.75. The Morgan fingerprint density at radius 3 is 2.67 bits per heavy atom. The highest BCUT2D eigenvalue weighted by molar-refractivity contribution is 5.89. The number of carbonyl (C=O) groups is 1. The molecule has 5 heteroatoms. The van der Waals surface area contributed by atoms with Crippen molar-refractivity contribution in [3.8, 4) is 5.75 Å². The van der Waals surface area contributed by atoms with Crippen molar-refractivity contribution < 1.29 is 14.6 Å². The molecule has 1 aliphatic carbocycles. The summed E-state index contributed by atoms with van der Waals surface area (Å²) in [6.07, 6.45) is 2.97. The second kappa shape index (κ2) is 7.31. The Kier molecular flexibility index (Phi) is 5.44. The monoisotopic (exact) mass is 292 g/mol. The average Bonchev–Trinajstić information content (AvgIpc) is 2.44. The number of rotatable bonds is 4. The predicted molar refractivity (Wildman–Crippen MR) is 82.8 cm³/mol. The summed E-state index contributed by atoms with van der Waals surface area (Å²) in [5.74, 6) is 0.838. The highest BCUT2D eigenvalue weighted by Crippen LogP contribution is 2.22. The molecule has 0 atom stereocenters. The van der Waals surface area contributed by atoms with Crippen molar-refractivity contribution in [3.05, 3.63) is 23.8 Å². The van der Waals surface area contributed by atoms with Gasteiger partial charge in [-0.05, 0) is 63.3 Å². The fraction of sp³-hybridized carbons (Fsp3) is 0.562. The minimum atomic E-state index is -0.208. The number of aryl methyl sites for hydroxylation is 1. The minimum Gasteiger partial charge on any atom is -0.494 e. The van der Waals surface area contributed by atoms with Crippen molar-refractivity contribution in [1.82, 2.24) is 5.32 Å². The van der Waals surface area contributed by atoms with Gasteiger partial charge in [-0.25, -0.2) is 4.79 Å². The van der Waals surface area contributed by atoms with Crippen LogP contribution in [0.5, 0.6) is 5.75 Å². The van der Waals surface area contributed by atoms with Crippen LogP contribution < -0.4 is 15.4 Å². The quantitative estimate of drug-likeness (QED) is 0.799. The fourth-order valence-corrected chi connectivity index (χ4v) is 2.62. The van der Waals surface area contributed by atoms with E-state index in [1.807, 2.05) is 32.0 Å². The molecular weight excluding hydrogens is 268 g/mol. The van der Waals surface area contributed by atoms with Gasteiger partial charge in [0.15, 0.2) is 0 Å². The molecule has 1 aromatic carbocycles. The summed E-state index contributed by atoms with van der Waals surface area (Å²) in [6, 6.07) is 5.56. The summed E-state index contributed by atoms with van der Waals surface area (Å²) in [5.41, 5.74) is 1.75. The molecule has 3 N–H and O–H groups in total. The number of hydrogen-bond acceptors (Lipinski definition) is 3. The van der Waals surface area contributed by atoms with E-state index in [9.17, 15) is 9.90 Å². The average molecular weight is 292 g/mol. The van der Waals surface area contributed by atoms with Crippen LogP contribution >= 0.6 is 0 Å². The van der Waals surface area contributed by atoms with E-state index in [1.54, 1.807) is 0 Å². The van der Waals surface area contributed by atoms with Crippen LogP contribution in [0, 0.1) is 6.92 Å². The van der Waals surface area contributed by atoms with E-state index < -0.39 is 0 Å². The zero-order valence-electron chi connectivity index (χ0n) is 12.7. The first-order valence-corrected chi connectivity index (χ1v) is 7.57. The van der Waals surface area contributed by atoms with Gasteiger partial charge in [-0.1, -0.05) is 0 Å². The standard InChI is InChI=1S/C16H24N2O3/c1-3-21-15-9-6-13(10-11(15)2)18-16(20)17-12-4-7-14(19)8-5-12/h6,9-10,12,14,19H,3-5,7-8H2,1-2H3,(H2,17,18,20). The lowest BCUT2D eigenvalue weighted by atomic mass is 9.93. The molecule has 2 rings (SSSR count). The van der Waals surface area contributed by atoms with Crippen molar-refractivity contribution in [2.24, 2.45) is 0 Å². The van der Waals surface area contributed by atoms with E-state index >= 15 is 0 Å². The molecule has 2 amide bonds. The number of aliphatic hydroxyl groups excluding tert-OH is 1. The first-order valence-electron chi connectivity index (χ1n) is 7.57. The van der Waals surface area contributed by atoms with Gasteiger partial charge < -0.3 is 20.5 Å². The molecule has 0 aromatic heterocycles. The van der Waals surface area contributed by atoms with Crippen LogP contribution in [0.4, 0.5) is 10.5 Å². The van der Waals surface area contributed by atoms with E-state index in [0.29, 0.717) is 6.61 Å². The number of benzene rings is 1. The maximum Gasteiger partial charge on any atom is 0.319 e. The maximum absolute atomic E-state index is 12.0. The fourth-order valence-electron chi connectivity index (χ4n) is 2.62. The maximum atomic E-state index is 12.0. The largest absolute Gasteiger partial charge is 0.494 e. The van der Waals surface area contributed by atoms with Crippen LogP contribution in [-0.2, 0) is 0 Å². The van der Waals surface area contributed by atoms with Crippen molar-refractivity contribution in [2.75, 3.05) is 11.9 Å². The molecule has 0 heterocycles. The number of nitrogens with one attached hydrogen (secondary N) is 2. The zero-order valence-corrected chi connectivity index (χ0v) is 12.7. The summed E-state index contributed by atoms with van der Waals surface area (Å²) in [7, 11) is 0. The Morgan fingerprint density at radius 1 is 1.33 bits per heavy atom. The van der Waals surface area contributed by atoms with Crippen LogP contribution in [0.2, 0.25) is 0 Å². The smallest absolute Gasteiger partial charge is 0.319 e. The van der Waals surface area contributed by atoms with Crippen molar-refractivity contribution in [1.29, 1.82) is 0 Å².